The molecule has 2 bridgehead atoms. The molecule has 4 heteroatoms. The van der Waals surface area contributed by atoms with Crippen molar-refractivity contribution < 1.29 is 0 Å². The highest BCUT2D eigenvalue weighted by molar-refractivity contribution is 8.06. The highest BCUT2D eigenvalue weighted by Crippen LogP contribution is 2.29. The summed E-state index contributed by atoms with van der Waals surface area (Å²) in [4.78, 5) is 8.30. The monoisotopic (exact) mass is 165 g/mol. The van der Waals surface area contributed by atoms with E-state index in [0.717, 1.165) is 10.1 Å². The van der Waals surface area contributed by atoms with Gasteiger partial charge in [0.05, 0.1) is 11.1 Å². The molecule has 0 aromatic carbocycles. The Bertz CT molecular complexity index is 288. The summed E-state index contributed by atoms with van der Waals surface area (Å²) in [5, 5.41) is 1.72. The SMILES string of the molecule is NC1=CC2C=C(N=CC=N2)S1. The number of aliphatic imine (C=N–C) groups is 2. The Kier molecular flexibility index (Phi) is 1.54. The van der Waals surface area contributed by atoms with Crippen molar-refractivity contribution in [3.05, 3.63) is 22.2 Å². The first-order chi connectivity index (χ1) is 5.34. The number of nitrogens with two attached hydrogens (primary N) is 1. The van der Waals surface area contributed by atoms with Gasteiger partial charge in [-0.1, -0.05) is 11.8 Å². The third kappa shape index (κ3) is 1.35. The van der Waals surface area contributed by atoms with Crippen LogP contribution in [0.5, 0.6) is 0 Å². The molecule has 1 unspecified atom stereocenters. The van der Waals surface area contributed by atoms with Crippen LogP contribution in [0.25, 0.3) is 0 Å². The molecular weight excluding hydrogens is 158 g/mol. The van der Waals surface area contributed by atoms with Crippen molar-refractivity contribution in [2.24, 2.45) is 15.7 Å². The van der Waals surface area contributed by atoms with E-state index in [4.69, 9.17) is 5.73 Å². The van der Waals surface area contributed by atoms with Crippen LogP contribution >= 0.6 is 11.8 Å². The van der Waals surface area contributed by atoms with Crippen LogP contribution < -0.4 is 5.73 Å². The van der Waals surface area contributed by atoms with Gasteiger partial charge >= 0.3 is 0 Å². The third-order valence-corrected chi connectivity index (χ3v) is 2.22. The van der Waals surface area contributed by atoms with Crippen molar-refractivity contribution in [3.63, 3.8) is 0 Å². The molecule has 0 aromatic rings. The molecule has 1 atom stereocenters. The van der Waals surface area contributed by atoms with Gasteiger partial charge in [0.15, 0.2) is 0 Å². The second kappa shape index (κ2) is 2.54. The Labute approximate surface area is 68.8 Å². The van der Waals surface area contributed by atoms with E-state index < -0.39 is 0 Å². The van der Waals surface area contributed by atoms with Crippen molar-refractivity contribution in [3.8, 4) is 0 Å². The van der Waals surface area contributed by atoms with E-state index in [9.17, 15) is 0 Å². The van der Waals surface area contributed by atoms with Gasteiger partial charge in [0.25, 0.3) is 0 Å². The minimum Gasteiger partial charge on any atom is -0.393 e. The molecule has 2 aliphatic heterocycles. The van der Waals surface area contributed by atoms with Crippen molar-refractivity contribution in [1.29, 1.82) is 0 Å². The molecule has 3 nitrogen and oxygen atoms in total. The van der Waals surface area contributed by atoms with Crippen molar-refractivity contribution >= 4 is 24.2 Å². The summed E-state index contributed by atoms with van der Waals surface area (Å²) in [6, 6.07) is 0.0914. The fraction of sp³-hybridized carbons (Fsp3) is 0.143. The molecule has 0 fully saturated rings. The summed E-state index contributed by atoms with van der Waals surface area (Å²) in [6.45, 7) is 0. The number of hydrogen-bond donors (Lipinski definition) is 1. The van der Waals surface area contributed by atoms with E-state index >= 15 is 0 Å². The standard InChI is InChI=1S/C7H7N3S/c8-6-3-5-4-7(11-6)10-2-1-9-5/h1-5H,8H2. The number of hydrogen-bond acceptors (Lipinski definition) is 4. The van der Waals surface area contributed by atoms with Gasteiger partial charge < -0.3 is 5.73 Å². The fourth-order valence-corrected chi connectivity index (χ4v) is 1.72. The molecule has 2 rings (SSSR count). The maximum absolute atomic E-state index is 5.63. The average molecular weight is 165 g/mol. The Balaban J connectivity index is 2.35. The van der Waals surface area contributed by atoms with Gasteiger partial charge in [-0.05, 0) is 12.2 Å². The van der Waals surface area contributed by atoms with Crippen molar-refractivity contribution in [2.45, 2.75) is 6.04 Å². The first-order valence-corrected chi connectivity index (χ1v) is 4.09. The molecule has 0 radical (unpaired) electrons. The first-order valence-electron chi connectivity index (χ1n) is 3.27. The quantitative estimate of drug-likeness (QED) is 0.579. The molecular formula is C7H7N3S. The van der Waals surface area contributed by atoms with Gasteiger partial charge in [-0.2, -0.15) is 0 Å². The number of fused-ring (bicyclic) bond motifs is 1. The van der Waals surface area contributed by atoms with Crippen molar-refractivity contribution in [1.82, 2.24) is 0 Å². The zero-order valence-corrected chi connectivity index (χ0v) is 6.58. The van der Waals surface area contributed by atoms with Crippen LogP contribution in [0.2, 0.25) is 0 Å². The topological polar surface area (TPSA) is 50.7 Å². The lowest BCUT2D eigenvalue weighted by Gasteiger charge is -2.10. The summed E-state index contributed by atoms with van der Waals surface area (Å²) >= 11 is 1.48. The van der Waals surface area contributed by atoms with Gasteiger partial charge in [-0.25, -0.2) is 4.99 Å². The van der Waals surface area contributed by atoms with E-state index in [-0.39, 0.29) is 6.04 Å². The highest BCUT2D eigenvalue weighted by atomic mass is 32.2. The minimum absolute atomic E-state index is 0.0914. The highest BCUT2D eigenvalue weighted by Gasteiger charge is 2.11. The first kappa shape index (κ1) is 6.67. The van der Waals surface area contributed by atoms with E-state index in [0.29, 0.717) is 0 Å². The predicted octanol–water partition coefficient (Wildman–Crippen LogP) is 0.899. The maximum Gasteiger partial charge on any atom is 0.101 e. The molecule has 56 valence electrons. The Morgan fingerprint density at radius 2 is 2.27 bits per heavy atom. The number of rotatable bonds is 0. The molecule has 2 N–H and O–H groups in total. The van der Waals surface area contributed by atoms with Crippen LogP contribution in [0.4, 0.5) is 0 Å². The second-order valence-electron chi connectivity index (χ2n) is 2.24. The van der Waals surface area contributed by atoms with E-state index in [1.54, 1.807) is 12.4 Å². The molecule has 0 saturated carbocycles. The summed E-state index contributed by atoms with van der Waals surface area (Å²) < 4.78 is 0. The molecule has 0 amide bonds. The lowest BCUT2D eigenvalue weighted by molar-refractivity contribution is 1.02. The third-order valence-electron chi connectivity index (χ3n) is 1.40. The normalized spacial score (nSPS) is 27.5. The zero-order chi connectivity index (χ0) is 7.68. The Hall–Kier alpha value is -1.03. The van der Waals surface area contributed by atoms with Crippen molar-refractivity contribution in [2.75, 3.05) is 0 Å². The smallest absolute Gasteiger partial charge is 0.101 e. The zero-order valence-electron chi connectivity index (χ0n) is 5.77. The minimum atomic E-state index is 0.0914. The van der Waals surface area contributed by atoms with E-state index in [1.807, 2.05) is 12.2 Å². The molecule has 2 heterocycles. The average Bonchev–Trinajstić information content (AvgIpc) is 2.11. The summed E-state index contributed by atoms with van der Waals surface area (Å²) in [5.74, 6) is 0. The fourth-order valence-electron chi connectivity index (χ4n) is 0.951. The molecule has 2 aliphatic rings. The van der Waals surface area contributed by atoms with Gasteiger partial charge in [0.2, 0.25) is 0 Å². The largest absolute Gasteiger partial charge is 0.393 e. The Morgan fingerprint density at radius 1 is 1.36 bits per heavy atom. The molecule has 11 heavy (non-hydrogen) atoms. The van der Waals surface area contributed by atoms with E-state index in [2.05, 4.69) is 9.98 Å². The Morgan fingerprint density at radius 3 is 3.18 bits per heavy atom. The summed E-state index contributed by atoms with van der Waals surface area (Å²) in [6.07, 6.45) is 7.29. The number of nitrogens with zero attached hydrogens (tertiary/aromatic N) is 2. The summed E-state index contributed by atoms with van der Waals surface area (Å²) in [7, 11) is 0. The maximum atomic E-state index is 5.63. The predicted molar refractivity (Wildman–Crippen MR) is 48.7 cm³/mol. The van der Waals surface area contributed by atoms with Crippen LogP contribution in [-0.4, -0.2) is 18.5 Å². The molecule has 0 aliphatic carbocycles. The molecule has 0 aromatic heterocycles. The van der Waals surface area contributed by atoms with Crippen LogP contribution in [0.15, 0.2) is 32.2 Å². The molecule has 0 spiro atoms. The van der Waals surface area contributed by atoms with Gasteiger partial charge in [-0.15, -0.1) is 0 Å². The van der Waals surface area contributed by atoms with Gasteiger partial charge in [0.1, 0.15) is 5.03 Å². The van der Waals surface area contributed by atoms with E-state index in [1.165, 1.54) is 11.8 Å². The van der Waals surface area contributed by atoms with Crippen LogP contribution in [0.3, 0.4) is 0 Å². The molecule has 0 saturated heterocycles. The van der Waals surface area contributed by atoms with Crippen LogP contribution in [0, 0.1) is 0 Å². The van der Waals surface area contributed by atoms with Gasteiger partial charge in [0, 0.05) is 12.4 Å². The van der Waals surface area contributed by atoms with Crippen LogP contribution in [0.1, 0.15) is 0 Å². The van der Waals surface area contributed by atoms with Gasteiger partial charge in [-0.3, -0.25) is 4.99 Å². The second-order valence-corrected chi connectivity index (χ2v) is 3.34. The lowest BCUT2D eigenvalue weighted by atomic mass is 10.3. The number of thioether (sulfide) groups is 1. The summed E-state index contributed by atoms with van der Waals surface area (Å²) in [5.41, 5.74) is 5.63. The van der Waals surface area contributed by atoms with Crippen LogP contribution in [-0.2, 0) is 0 Å². The lowest BCUT2D eigenvalue weighted by Crippen LogP contribution is -2.05.